The Kier molecular flexibility index (Phi) is 3.99. The molecule has 18 heavy (non-hydrogen) atoms. The number of aliphatic hydroxyl groups excluding tert-OH is 1. The number of nitrogens with two attached hydrogens (primary N) is 1. The third-order valence-corrected chi connectivity index (χ3v) is 3.33. The van der Waals surface area contributed by atoms with Gasteiger partial charge in [0.25, 0.3) is 0 Å². The molecule has 1 aromatic carbocycles. The summed E-state index contributed by atoms with van der Waals surface area (Å²) in [5.41, 5.74) is 8.16. The largest absolute Gasteiger partial charge is 0.395 e. The minimum atomic E-state index is 0.0965. The van der Waals surface area contributed by atoms with Crippen LogP contribution in [0.25, 0.3) is 11.0 Å². The molecule has 0 spiro atoms. The van der Waals surface area contributed by atoms with Crippen molar-refractivity contribution in [3.63, 3.8) is 0 Å². The van der Waals surface area contributed by atoms with Crippen molar-refractivity contribution >= 4 is 11.0 Å². The second kappa shape index (κ2) is 5.50. The molecule has 0 aliphatic rings. The smallest absolute Gasteiger partial charge is 0.111 e. The highest BCUT2D eigenvalue weighted by atomic mass is 16.3. The van der Waals surface area contributed by atoms with Crippen molar-refractivity contribution in [2.24, 2.45) is 11.7 Å². The number of nitrogens with zero attached hydrogens (tertiary/aromatic N) is 2. The van der Waals surface area contributed by atoms with E-state index in [0.29, 0.717) is 12.5 Å². The average Bonchev–Trinajstić information content (AvgIpc) is 2.68. The van der Waals surface area contributed by atoms with Gasteiger partial charge in [0.05, 0.1) is 17.6 Å². The van der Waals surface area contributed by atoms with E-state index in [-0.39, 0.29) is 12.6 Å². The van der Waals surface area contributed by atoms with E-state index in [0.717, 1.165) is 23.3 Å². The minimum absolute atomic E-state index is 0.0965. The van der Waals surface area contributed by atoms with Gasteiger partial charge in [0, 0.05) is 19.0 Å². The normalized spacial score (nSPS) is 13.4. The Morgan fingerprint density at radius 3 is 2.72 bits per heavy atom. The molecule has 4 heteroatoms. The Bertz CT molecular complexity index is 519. The van der Waals surface area contributed by atoms with Crippen LogP contribution < -0.4 is 5.73 Å². The highest BCUT2D eigenvalue weighted by Gasteiger charge is 2.15. The lowest BCUT2D eigenvalue weighted by Crippen LogP contribution is -2.30. The molecule has 1 aromatic heterocycles. The molecule has 0 amide bonds. The van der Waals surface area contributed by atoms with Crippen molar-refractivity contribution in [2.75, 3.05) is 6.61 Å². The fraction of sp³-hybridized carbons (Fsp3) is 0.500. The first-order chi connectivity index (χ1) is 8.63. The number of rotatable bonds is 5. The Balaban J connectivity index is 2.39. The Morgan fingerprint density at radius 2 is 2.06 bits per heavy atom. The standard InChI is InChI=1S/C14H21N3O/c1-10(2)11(15)9-14-16-12-5-3-4-6-13(12)17(14)7-8-18/h3-6,10-11,18H,7-9,15H2,1-2H3. The fourth-order valence-electron chi connectivity index (χ4n) is 2.08. The van der Waals surface area contributed by atoms with Gasteiger partial charge in [-0.15, -0.1) is 0 Å². The molecule has 3 N–H and O–H groups in total. The molecule has 1 unspecified atom stereocenters. The molecule has 0 bridgehead atoms. The topological polar surface area (TPSA) is 64.1 Å². The maximum absolute atomic E-state index is 9.19. The Morgan fingerprint density at radius 1 is 1.33 bits per heavy atom. The van der Waals surface area contributed by atoms with Crippen LogP contribution in [0.5, 0.6) is 0 Å². The highest BCUT2D eigenvalue weighted by molar-refractivity contribution is 5.75. The fourth-order valence-corrected chi connectivity index (χ4v) is 2.08. The monoisotopic (exact) mass is 247 g/mol. The Labute approximate surface area is 107 Å². The van der Waals surface area contributed by atoms with Crippen molar-refractivity contribution in [2.45, 2.75) is 32.9 Å². The molecular weight excluding hydrogens is 226 g/mol. The molecule has 0 aliphatic carbocycles. The molecule has 0 aliphatic heterocycles. The summed E-state index contributed by atoms with van der Waals surface area (Å²) < 4.78 is 2.07. The molecule has 0 saturated heterocycles. The molecule has 0 saturated carbocycles. The van der Waals surface area contributed by atoms with E-state index in [1.165, 1.54) is 0 Å². The van der Waals surface area contributed by atoms with Gasteiger partial charge in [-0.1, -0.05) is 26.0 Å². The predicted molar refractivity (Wildman–Crippen MR) is 73.3 cm³/mol. The molecule has 0 radical (unpaired) electrons. The van der Waals surface area contributed by atoms with Crippen molar-refractivity contribution in [3.05, 3.63) is 30.1 Å². The first-order valence-corrected chi connectivity index (χ1v) is 6.44. The van der Waals surface area contributed by atoms with Gasteiger partial charge in [0.2, 0.25) is 0 Å². The summed E-state index contributed by atoms with van der Waals surface area (Å²) in [6.07, 6.45) is 0.742. The van der Waals surface area contributed by atoms with Crippen molar-refractivity contribution in [1.29, 1.82) is 0 Å². The van der Waals surface area contributed by atoms with Gasteiger partial charge >= 0.3 is 0 Å². The summed E-state index contributed by atoms with van der Waals surface area (Å²) in [4.78, 5) is 4.63. The minimum Gasteiger partial charge on any atom is -0.395 e. The summed E-state index contributed by atoms with van der Waals surface area (Å²) >= 11 is 0. The summed E-state index contributed by atoms with van der Waals surface area (Å²) in [6.45, 7) is 4.92. The van der Waals surface area contributed by atoms with Crippen LogP contribution in [0.2, 0.25) is 0 Å². The number of hydrogen-bond acceptors (Lipinski definition) is 3. The van der Waals surface area contributed by atoms with Gasteiger partial charge in [-0.3, -0.25) is 0 Å². The van der Waals surface area contributed by atoms with Gasteiger partial charge < -0.3 is 15.4 Å². The number of imidazole rings is 1. The summed E-state index contributed by atoms with van der Waals surface area (Å²) in [6, 6.07) is 8.09. The summed E-state index contributed by atoms with van der Waals surface area (Å²) in [5, 5.41) is 9.19. The first kappa shape index (κ1) is 13.1. The predicted octanol–water partition coefficient (Wildman–Crippen LogP) is 1.55. The number of aliphatic hydroxyl groups is 1. The van der Waals surface area contributed by atoms with Crippen LogP contribution in [-0.2, 0) is 13.0 Å². The van der Waals surface area contributed by atoms with Crippen molar-refractivity contribution < 1.29 is 5.11 Å². The van der Waals surface area contributed by atoms with E-state index in [4.69, 9.17) is 5.73 Å². The molecule has 1 atom stereocenters. The van der Waals surface area contributed by atoms with Crippen LogP contribution >= 0.6 is 0 Å². The number of fused-ring (bicyclic) bond motifs is 1. The third kappa shape index (κ3) is 2.54. The molecule has 0 fully saturated rings. The van der Waals surface area contributed by atoms with E-state index in [2.05, 4.69) is 23.4 Å². The molecule has 1 heterocycles. The zero-order valence-electron chi connectivity index (χ0n) is 11.0. The molecule has 2 rings (SSSR count). The maximum atomic E-state index is 9.19. The summed E-state index contributed by atoms with van der Waals surface area (Å²) in [7, 11) is 0. The first-order valence-electron chi connectivity index (χ1n) is 6.44. The molecular formula is C14H21N3O. The van der Waals surface area contributed by atoms with Gasteiger partial charge in [-0.2, -0.15) is 0 Å². The lowest BCUT2D eigenvalue weighted by Gasteiger charge is -2.16. The lowest BCUT2D eigenvalue weighted by molar-refractivity contribution is 0.275. The van der Waals surface area contributed by atoms with Crippen molar-refractivity contribution in [1.82, 2.24) is 9.55 Å². The van der Waals surface area contributed by atoms with E-state index in [9.17, 15) is 5.11 Å². The SMILES string of the molecule is CC(C)C(N)Cc1nc2ccccc2n1CCO. The second-order valence-electron chi connectivity index (χ2n) is 5.00. The van der Waals surface area contributed by atoms with Crippen LogP contribution in [-0.4, -0.2) is 27.3 Å². The van der Waals surface area contributed by atoms with Crippen LogP contribution in [0.15, 0.2) is 24.3 Å². The third-order valence-electron chi connectivity index (χ3n) is 3.33. The van der Waals surface area contributed by atoms with Gasteiger partial charge in [-0.05, 0) is 18.1 Å². The average molecular weight is 247 g/mol. The van der Waals surface area contributed by atoms with E-state index >= 15 is 0 Å². The number of hydrogen-bond donors (Lipinski definition) is 2. The van der Waals surface area contributed by atoms with E-state index in [1.807, 2.05) is 24.3 Å². The number of benzene rings is 1. The van der Waals surface area contributed by atoms with Crippen LogP contribution in [0.3, 0.4) is 0 Å². The van der Waals surface area contributed by atoms with Crippen molar-refractivity contribution in [3.8, 4) is 0 Å². The zero-order valence-corrected chi connectivity index (χ0v) is 11.0. The van der Waals surface area contributed by atoms with E-state index in [1.54, 1.807) is 0 Å². The maximum Gasteiger partial charge on any atom is 0.111 e. The lowest BCUT2D eigenvalue weighted by atomic mass is 10.0. The highest BCUT2D eigenvalue weighted by Crippen LogP contribution is 2.17. The van der Waals surface area contributed by atoms with Crippen LogP contribution in [0.1, 0.15) is 19.7 Å². The quantitative estimate of drug-likeness (QED) is 0.842. The van der Waals surface area contributed by atoms with E-state index < -0.39 is 0 Å². The molecule has 4 nitrogen and oxygen atoms in total. The second-order valence-corrected chi connectivity index (χ2v) is 5.00. The Hall–Kier alpha value is -1.39. The van der Waals surface area contributed by atoms with Crippen LogP contribution in [0.4, 0.5) is 0 Å². The number of para-hydroxylation sites is 2. The molecule has 2 aromatic rings. The van der Waals surface area contributed by atoms with Gasteiger partial charge in [-0.25, -0.2) is 4.98 Å². The van der Waals surface area contributed by atoms with Gasteiger partial charge in [0.1, 0.15) is 5.82 Å². The molecule has 98 valence electrons. The zero-order chi connectivity index (χ0) is 13.1. The van der Waals surface area contributed by atoms with Gasteiger partial charge in [0.15, 0.2) is 0 Å². The number of aromatic nitrogens is 2. The summed E-state index contributed by atoms with van der Waals surface area (Å²) in [5.74, 6) is 1.39. The van der Waals surface area contributed by atoms with Crippen LogP contribution in [0, 0.1) is 5.92 Å².